The summed E-state index contributed by atoms with van der Waals surface area (Å²) >= 11 is 0. The maximum atomic E-state index is 5.57. The van der Waals surface area contributed by atoms with Crippen molar-refractivity contribution in [1.82, 2.24) is 15.5 Å². The predicted molar refractivity (Wildman–Crippen MR) is 122 cm³/mol. The van der Waals surface area contributed by atoms with Gasteiger partial charge in [-0.2, -0.15) is 0 Å². The van der Waals surface area contributed by atoms with Crippen LogP contribution in [0, 0.1) is 0 Å². The Kier molecular flexibility index (Phi) is 8.53. The van der Waals surface area contributed by atoms with Crippen molar-refractivity contribution in [1.29, 1.82) is 0 Å². The van der Waals surface area contributed by atoms with Gasteiger partial charge in [-0.05, 0) is 37.1 Å². The molecule has 2 atom stereocenters. The molecule has 162 valence electrons. The molecule has 1 aliphatic rings. The fourth-order valence-corrected chi connectivity index (χ4v) is 3.67. The Hall–Kier alpha value is -2.57. The van der Waals surface area contributed by atoms with Crippen LogP contribution in [0.1, 0.15) is 37.1 Å². The number of hydrogen-bond acceptors (Lipinski definition) is 4. The Morgan fingerprint density at radius 2 is 1.77 bits per heavy atom. The zero-order valence-electron chi connectivity index (χ0n) is 18.3. The first-order valence-corrected chi connectivity index (χ1v) is 10.8. The summed E-state index contributed by atoms with van der Waals surface area (Å²) in [5.41, 5.74) is 2.48. The molecule has 0 aromatic heterocycles. The van der Waals surface area contributed by atoms with Crippen molar-refractivity contribution in [3.8, 4) is 5.75 Å². The Morgan fingerprint density at radius 3 is 2.40 bits per heavy atom. The van der Waals surface area contributed by atoms with Crippen LogP contribution in [-0.2, 0) is 4.74 Å². The lowest BCUT2D eigenvalue weighted by Crippen LogP contribution is -2.42. The van der Waals surface area contributed by atoms with Crippen LogP contribution in [0.3, 0.4) is 0 Å². The molecule has 0 amide bonds. The van der Waals surface area contributed by atoms with E-state index >= 15 is 0 Å². The van der Waals surface area contributed by atoms with E-state index in [4.69, 9.17) is 14.5 Å². The monoisotopic (exact) mass is 410 g/mol. The van der Waals surface area contributed by atoms with Gasteiger partial charge in [-0.15, -0.1) is 0 Å². The molecule has 3 rings (SSSR count). The molecule has 2 unspecified atom stereocenters. The summed E-state index contributed by atoms with van der Waals surface area (Å²) in [6, 6.07) is 19.1. The van der Waals surface area contributed by atoms with E-state index in [2.05, 4.69) is 65.8 Å². The third kappa shape index (κ3) is 6.21. The van der Waals surface area contributed by atoms with Gasteiger partial charge in [-0.1, -0.05) is 42.5 Å². The molecule has 0 bridgehead atoms. The van der Waals surface area contributed by atoms with Crippen LogP contribution in [0.2, 0.25) is 0 Å². The molecular formula is C24H34N4O2. The molecule has 2 N–H and O–H groups in total. The van der Waals surface area contributed by atoms with Gasteiger partial charge in [0.2, 0.25) is 0 Å². The van der Waals surface area contributed by atoms with Crippen molar-refractivity contribution in [2.45, 2.75) is 25.9 Å². The zero-order chi connectivity index (χ0) is 21.2. The third-order valence-electron chi connectivity index (χ3n) is 5.41. The van der Waals surface area contributed by atoms with Crippen LogP contribution >= 0.6 is 0 Å². The number of methoxy groups -OCH3 is 1. The Bertz CT molecular complexity index is 774. The molecule has 1 heterocycles. The van der Waals surface area contributed by atoms with Crippen LogP contribution in [0.15, 0.2) is 59.6 Å². The van der Waals surface area contributed by atoms with Crippen LogP contribution in [0.25, 0.3) is 0 Å². The lowest BCUT2D eigenvalue weighted by molar-refractivity contribution is 0.0179. The van der Waals surface area contributed by atoms with Gasteiger partial charge in [0, 0.05) is 19.6 Å². The topological polar surface area (TPSA) is 58.1 Å². The first kappa shape index (κ1) is 22.1. The summed E-state index contributed by atoms with van der Waals surface area (Å²) in [6.07, 6.45) is 0. The predicted octanol–water partition coefficient (Wildman–Crippen LogP) is 3.38. The van der Waals surface area contributed by atoms with Crippen LogP contribution in [-0.4, -0.2) is 57.4 Å². The van der Waals surface area contributed by atoms with Gasteiger partial charge in [-0.3, -0.25) is 9.89 Å². The van der Waals surface area contributed by atoms with Gasteiger partial charge >= 0.3 is 0 Å². The van der Waals surface area contributed by atoms with Gasteiger partial charge < -0.3 is 20.1 Å². The van der Waals surface area contributed by atoms with Crippen LogP contribution < -0.4 is 15.4 Å². The molecule has 2 aromatic rings. The summed E-state index contributed by atoms with van der Waals surface area (Å²) in [5.74, 6) is 1.70. The number of hydrogen-bond donors (Lipinski definition) is 2. The van der Waals surface area contributed by atoms with E-state index in [0.29, 0.717) is 6.54 Å². The Balaban J connectivity index is 1.76. The molecule has 1 fully saturated rings. The van der Waals surface area contributed by atoms with Gasteiger partial charge in [0.05, 0.1) is 39.0 Å². The van der Waals surface area contributed by atoms with E-state index in [9.17, 15) is 0 Å². The Labute approximate surface area is 180 Å². The first-order chi connectivity index (χ1) is 14.7. The number of ether oxygens (including phenoxy) is 2. The van der Waals surface area contributed by atoms with Crippen LogP contribution in [0.4, 0.5) is 0 Å². The maximum Gasteiger partial charge on any atom is 0.191 e. The number of nitrogens with zero attached hydrogens (tertiary/aromatic N) is 2. The number of guanidine groups is 1. The standard InChI is InChI=1S/C24H34N4O2/c1-4-25-24(27-19(2)20-8-6-5-7-9-20)26-18-23(28-14-16-30-17-15-28)21-10-12-22(29-3)13-11-21/h5-13,19,23H,4,14-18H2,1-3H3,(H2,25,26,27). The average Bonchev–Trinajstić information content (AvgIpc) is 2.81. The van der Waals surface area contributed by atoms with Crippen molar-refractivity contribution < 1.29 is 9.47 Å². The molecule has 30 heavy (non-hydrogen) atoms. The number of benzene rings is 2. The minimum absolute atomic E-state index is 0.173. The number of rotatable bonds is 8. The molecule has 0 radical (unpaired) electrons. The molecule has 0 aliphatic carbocycles. The highest BCUT2D eigenvalue weighted by molar-refractivity contribution is 5.80. The van der Waals surface area contributed by atoms with E-state index in [1.165, 1.54) is 11.1 Å². The SMILES string of the molecule is CCNC(=NCC(c1ccc(OC)cc1)N1CCOCC1)NC(C)c1ccccc1. The number of morpholine rings is 1. The summed E-state index contributed by atoms with van der Waals surface area (Å²) < 4.78 is 10.9. The first-order valence-electron chi connectivity index (χ1n) is 10.8. The average molecular weight is 411 g/mol. The smallest absolute Gasteiger partial charge is 0.191 e. The lowest BCUT2D eigenvalue weighted by Gasteiger charge is -2.34. The van der Waals surface area contributed by atoms with E-state index < -0.39 is 0 Å². The van der Waals surface area contributed by atoms with Gasteiger partial charge in [0.1, 0.15) is 5.75 Å². The third-order valence-corrected chi connectivity index (χ3v) is 5.41. The van der Waals surface area contributed by atoms with Gasteiger partial charge in [0.15, 0.2) is 5.96 Å². The van der Waals surface area contributed by atoms with Crippen molar-refractivity contribution in [3.63, 3.8) is 0 Å². The highest BCUT2D eigenvalue weighted by Gasteiger charge is 2.23. The zero-order valence-corrected chi connectivity index (χ0v) is 18.3. The number of nitrogens with one attached hydrogen (secondary N) is 2. The highest BCUT2D eigenvalue weighted by atomic mass is 16.5. The fraction of sp³-hybridized carbons (Fsp3) is 0.458. The van der Waals surface area contributed by atoms with Crippen molar-refractivity contribution >= 4 is 5.96 Å². The maximum absolute atomic E-state index is 5.57. The van der Waals surface area contributed by atoms with E-state index in [1.54, 1.807) is 7.11 Å². The molecule has 0 spiro atoms. The molecular weight excluding hydrogens is 376 g/mol. The molecule has 1 aliphatic heterocycles. The Morgan fingerprint density at radius 1 is 1.07 bits per heavy atom. The molecule has 1 saturated heterocycles. The quantitative estimate of drug-likeness (QED) is 0.516. The largest absolute Gasteiger partial charge is 0.497 e. The van der Waals surface area contributed by atoms with Crippen molar-refractivity contribution in [2.24, 2.45) is 4.99 Å². The normalized spacial score (nSPS) is 17.2. The summed E-state index contributed by atoms with van der Waals surface area (Å²) in [4.78, 5) is 7.41. The van der Waals surface area contributed by atoms with E-state index in [-0.39, 0.29) is 12.1 Å². The fourth-order valence-electron chi connectivity index (χ4n) is 3.67. The minimum atomic E-state index is 0.173. The summed E-state index contributed by atoms with van der Waals surface area (Å²) in [6.45, 7) is 9.09. The van der Waals surface area contributed by atoms with Crippen molar-refractivity contribution in [3.05, 3.63) is 65.7 Å². The van der Waals surface area contributed by atoms with E-state index in [1.807, 2.05) is 18.2 Å². The summed E-state index contributed by atoms with van der Waals surface area (Å²) in [5, 5.41) is 6.92. The molecule has 0 saturated carbocycles. The van der Waals surface area contributed by atoms with E-state index in [0.717, 1.165) is 44.6 Å². The second-order valence-electron chi connectivity index (χ2n) is 7.43. The highest BCUT2D eigenvalue weighted by Crippen LogP contribution is 2.24. The lowest BCUT2D eigenvalue weighted by atomic mass is 10.0. The minimum Gasteiger partial charge on any atom is -0.497 e. The second-order valence-corrected chi connectivity index (χ2v) is 7.43. The summed E-state index contributed by atoms with van der Waals surface area (Å²) in [7, 11) is 1.70. The van der Waals surface area contributed by atoms with Crippen LogP contribution in [0.5, 0.6) is 5.75 Å². The van der Waals surface area contributed by atoms with Gasteiger partial charge in [0.25, 0.3) is 0 Å². The molecule has 2 aromatic carbocycles. The van der Waals surface area contributed by atoms with Crippen molar-refractivity contribution in [2.75, 3.05) is 46.5 Å². The second kappa shape index (κ2) is 11.6. The number of aliphatic imine (C=N–C) groups is 1. The molecule has 6 nitrogen and oxygen atoms in total. The van der Waals surface area contributed by atoms with Gasteiger partial charge in [-0.25, -0.2) is 0 Å². The molecule has 6 heteroatoms.